The van der Waals surface area contributed by atoms with Gasteiger partial charge in [-0.05, 0) is 31.9 Å². The summed E-state index contributed by atoms with van der Waals surface area (Å²) in [5.74, 6) is -0.326. The van der Waals surface area contributed by atoms with Crippen LogP contribution >= 0.6 is 0 Å². The highest BCUT2D eigenvalue weighted by molar-refractivity contribution is 5.97. The van der Waals surface area contributed by atoms with Crippen LogP contribution in [0.25, 0.3) is 10.9 Å². The van der Waals surface area contributed by atoms with Crippen molar-refractivity contribution in [2.45, 2.75) is 32.4 Å². The number of hydrogen-bond acceptors (Lipinski definition) is 3. The molecule has 1 N–H and O–H groups in total. The van der Waals surface area contributed by atoms with Gasteiger partial charge in [0.2, 0.25) is 5.43 Å². The van der Waals surface area contributed by atoms with Gasteiger partial charge in [0.05, 0.1) is 11.6 Å². The number of ether oxygens (including phenoxy) is 1. The minimum absolute atomic E-state index is 0.0674. The molecule has 1 aromatic carbocycles. The van der Waals surface area contributed by atoms with Gasteiger partial charge in [0.1, 0.15) is 5.56 Å². The lowest BCUT2D eigenvalue weighted by molar-refractivity contribution is 0.0856. The second kappa shape index (κ2) is 6.32. The topological polar surface area (TPSA) is 60.3 Å². The van der Waals surface area contributed by atoms with Crippen LogP contribution in [0.4, 0.5) is 0 Å². The molecule has 0 radical (unpaired) electrons. The number of rotatable bonds is 4. The quantitative estimate of drug-likeness (QED) is 0.938. The van der Waals surface area contributed by atoms with Gasteiger partial charge in [-0.3, -0.25) is 9.59 Å². The number of hydrogen-bond donors (Lipinski definition) is 1. The third-order valence-electron chi connectivity index (χ3n) is 4.09. The summed E-state index contributed by atoms with van der Waals surface area (Å²) in [5, 5.41) is 3.40. The first kappa shape index (κ1) is 14.8. The number of nitrogens with zero attached hydrogens (tertiary/aromatic N) is 1. The minimum atomic E-state index is -0.326. The minimum Gasteiger partial charge on any atom is -0.376 e. The Morgan fingerprint density at radius 1 is 1.41 bits per heavy atom. The molecule has 1 atom stereocenters. The molecule has 0 saturated carbocycles. The number of para-hydroxylation sites is 1. The summed E-state index contributed by atoms with van der Waals surface area (Å²) in [7, 11) is 0. The van der Waals surface area contributed by atoms with Crippen LogP contribution in [-0.2, 0) is 11.3 Å². The third kappa shape index (κ3) is 2.76. The fraction of sp³-hybridized carbons (Fsp3) is 0.412. The van der Waals surface area contributed by atoms with Crippen molar-refractivity contribution >= 4 is 16.8 Å². The Bertz CT molecular complexity index is 745. The number of aromatic nitrogens is 1. The van der Waals surface area contributed by atoms with Crippen molar-refractivity contribution in [3.05, 3.63) is 46.2 Å². The maximum absolute atomic E-state index is 12.5. The van der Waals surface area contributed by atoms with E-state index in [4.69, 9.17) is 4.74 Å². The van der Waals surface area contributed by atoms with Gasteiger partial charge in [-0.1, -0.05) is 12.1 Å². The molecule has 116 valence electrons. The van der Waals surface area contributed by atoms with E-state index in [2.05, 4.69) is 5.32 Å². The van der Waals surface area contributed by atoms with Crippen LogP contribution in [0, 0.1) is 0 Å². The van der Waals surface area contributed by atoms with Gasteiger partial charge in [0.15, 0.2) is 0 Å². The zero-order chi connectivity index (χ0) is 15.5. The van der Waals surface area contributed by atoms with Gasteiger partial charge >= 0.3 is 0 Å². The molecule has 0 spiro atoms. The first-order chi connectivity index (χ1) is 10.7. The van der Waals surface area contributed by atoms with Crippen molar-refractivity contribution in [2.75, 3.05) is 13.2 Å². The van der Waals surface area contributed by atoms with Crippen molar-refractivity contribution in [3.8, 4) is 0 Å². The summed E-state index contributed by atoms with van der Waals surface area (Å²) in [6.45, 7) is 3.90. The Kier molecular flexibility index (Phi) is 4.24. The average molecular weight is 300 g/mol. The second-order valence-electron chi connectivity index (χ2n) is 5.52. The second-order valence-corrected chi connectivity index (χ2v) is 5.52. The lowest BCUT2D eigenvalue weighted by atomic mass is 10.1. The highest BCUT2D eigenvalue weighted by Gasteiger charge is 2.19. The third-order valence-corrected chi connectivity index (χ3v) is 4.09. The summed E-state index contributed by atoms with van der Waals surface area (Å²) >= 11 is 0. The maximum Gasteiger partial charge on any atom is 0.256 e. The fourth-order valence-electron chi connectivity index (χ4n) is 2.88. The molecule has 1 aromatic heterocycles. The van der Waals surface area contributed by atoms with Crippen molar-refractivity contribution in [1.82, 2.24) is 9.88 Å². The van der Waals surface area contributed by atoms with Gasteiger partial charge in [0.25, 0.3) is 5.91 Å². The molecule has 1 aliphatic rings. The average Bonchev–Trinajstić information content (AvgIpc) is 3.07. The molecule has 3 rings (SSSR count). The molecular weight excluding hydrogens is 280 g/mol. The standard InChI is InChI=1S/C17H20N2O3/c1-2-19-11-14(16(20)13-7-3-4-8-15(13)19)17(21)18-10-12-6-5-9-22-12/h3-4,7-8,11-12H,2,5-6,9-10H2,1H3,(H,18,21). The molecule has 1 amide bonds. The van der Waals surface area contributed by atoms with Gasteiger partial charge in [-0.25, -0.2) is 0 Å². The number of pyridine rings is 1. The summed E-state index contributed by atoms with van der Waals surface area (Å²) < 4.78 is 7.41. The van der Waals surface area contributed by atoms with E-state index in [-0.39, 0.29) is 23.0 Å². The number of fused-ring (bicyclic) bond motifs is 1. The first-order valence-electron chi connectivity index (χ1n) is 7.72. The monoisotopic (exact) mass is 300 g/mol. The first-order valence-corrected chi connectivity index (χ1v) is 7.72. The number of benzene rings is 1. The Labute approximate surface area is 128 Å². The predicted molar refractivity (Wildman–Crippen MR) is 85.2 cm³/mol. The number of amides is 1. The Balaban J connectivity index is 1.90. The molecule has 1 saturated heterocycles. The zero-order valence-electron chi connectivity index (χ0n) is 12.7. The van der Waals surface area contributed by atoms with Crippen LogP contribution in [0.5, 0.6) is 0 Å². The van der Waals surface area contributed by atoms with Crippen LogP contribution < -0.4 is 10.7 Å². The summed E-state index contributed by atoms with van der Waals surface area (Å²) in [6.07, 6.45) is 3.70. The van der Waals surface area contributed by atoms with Crippen LogP contribution in [-0.4, -0.2) is 29.7 Å². The summed E-state index contributed by atoms with van der Waals surface area (Å²) in [5.41, 5.74) is 0.828. The van der Waals surface area contributed by atoms with Crippen molar-refractivity contribution in [2.24, 2.45) is 0 Å². The van der Waals surface area contributed by atoms with E-state index in [1.165, 1.54) is 0 Å². The number of carbonyl (C=O) groups is 1. The molecule has 5 nitrogen and oxygen atoms in total. The van der Waals surface area contributed by atoms with Crippen LogP contribution in [0.1, 0.15) is 30.1 Å². The number of aryl methyl sites for hydroxylation is 1. The van der Waals surface area contributed by atoms with Crippen molar-refractivity contribution in [1.29, 1.82) is 0 Å². The Morgan fingerprint density at radius 3 is 2.95 bits per heavy atom. The van der Waals surface area contributed by atoms with Gasteiger partial charge in [0, 0.05) is 31.3 Å². The molecule has 1 fully saturated rings. The summed E-state index contributed by atoms with van der Waals surface area (Å²) in [4.78, 5) is 24.9. The SMILES string of the molecule is CCn1cc(C(=O)NCC2CCCO2)c(=O)c2ccccc21. The maximum atomic E-state index is 12.5. The Hall–Kier alpha value is -2.14. The van der Waals surface area contributed by atoms with Crippen LogP contribution in [0.2, 0.25) is 0 Å². The van der Waals surface area contributed by atoms with Crippen LogP contribution in [0.3, 0.4) is 0 Å². The number of nitrogens with one attached hydrogen (secondary N) is 1. The molecule has 1 unspecified atom stereocenters. The molecule has 0 aliphatic carbocycles. The predicted octanol–water partition coefficient (Wildman–Crippen LogP) is 1.93. The van der Waals surface area contributed by atoms with E-state index in [9.17, 15) is 9.59 Å². The van der Waals surface area contributed by atoms with E-state index in [1.54, 1.807) is 12.3 Å². The van der Waals surface area contributed by atoms with E-state index in [0.717, 1.165) is 25.0 Å². The van der Waals surface area contributed by atoms with E-state index < -0.39 is 0 Å². The smallest absolute Gasteiger partial charge is 0.256 e. The lowest BCUT2D eigenvalue weighted by Crippen LogP contribution is -2.35. The molecule has 2 aromatic rings. The lowest BCUT2D eigenvalue weighted by Gasteiger charge is -2.13. The van der Waals surface area contributed by atoms with Gasteiger partial charge < -0.3 is 14.6 Å². The number of carbonyl (C=O) groups excluding carboxylic acids is 1. The molecule has 2 heterocycles. The van der Waals surface area contributed by atoms with E-state index >= 15 is 0 Å². The fourth-order valence-corrected chi connectivity index (χ4v) is 2.88. The largest absolute Gasteiger partial charge is 0.376 e. The highest BCUT2D eigenvalue weighted by atomic mass is 16.5. The van der Waals surface area contributed by atoms with Gasteiger partial charge in [-0.15, -0.1) is 0 Å². The van der Waals surface area contributed by atoms with Crippen molar-refractivity contribution < 1.29 is 9.53 Å². The van der Waals surface area contributed by atoms with Crippen LogP contribution in [0.15, 0.2) is 35.3 Å². The molecular formula is C17H20N2O3. The van der Waals surface area contributed by atoms with E-state index in [1.807, 2.05) is 29.7 Å². The summed E-state index contributed by atoms with van der Waals surface area (Å²) in [6, 6.07) is 7.37. The zero-order valence-corrected chi connectivity index (χ0v) is 12.7. The molecule has 22 heavy (non-hydrogen) atoms. The normalized spacial score (nSPS) is 17.8. The van der Waals surface area contributed by atoms with Gasteiger partial charge in [-0.2, -0.15) is 0 Å². The highest BCUT2D eigenvalue weighted by Crippen LogP contribution is 2.13. The molecule has 0 bridgehead atoms. The molecule has 1 aliphatic heterocycles. The molecule has 5 heteroatoms. The Morgan fingerprint density at radius 2 is 2.23 bits per heavy atom. The van der Waals surface area contributed by atoms with E-state index in [0.29, 0.717) is 18.5 Å². The van der Waals surface area contributed by atoms with Crippen molar-refractivity contribution in [3.63, 3.8) is 0 Å².